The third-order valence-corrected chi connectivity index (χ3v) is 4.43. The van der Waals surface area contributed by atoms with Gasteiger partial charge in [0, 0.05) is 12.2 Å². The molecule has 2 rings (SSSR count). The maximum Gasteiger partial charge on any atom is 0.136 e. The molecule has 0 bridgehead atoms. The van der Waals surface area contributed by atoms with E-state index in [1.165, 1.54) is 25.7 Å². The van der Waals surface area contributed by atoms with Gasteiger partial charge >= 0.3 is 0 Å². The van der Waals surface area contributed by atoms with Crippen molar-refractivity contribution in [1.29, 1.82) is 0 Å². The van der Waals surface area contributed by atoms with Gasteiger partial charge in [-0.15, -0.1) is 0 Å². The molecule has 0 saturated heterocycles. The number of hydrogen-bond acceptors (Lipinski definition) is 3. The fourth-order valence-corrected chi connectivity index (χ4v) is 3.16. The summed E-state index contributed by atoms with van der Waals surface area (Å²) in [6.07, 6.45) is 6.83. The predicted molar refractivity (Wildman–Crippen MR) is 84.5 cm³/mol. The summed E-state index contributed by atoms with van der Waals surface area (Å²) in [7, 11) is 0. The smallest absolute Gasteiger partial charge is 0.136 e. The van der Waals surface area contributed by atoms with Crippen LogP contribution in [0, 0.1) is 12.3 Å². The molecule has 3 N–H and O–H groups in total. The van der Waals surface area contributed by atoms with E-state index in [2.05, 4.69) is 24.1 Å². The Labute approximate surface area is 121 Å². The van der Waals surface area contributed by atoms with Crippen LogP contribution in [0.3, 0.4) is 0 Å². The zero-order valence-electron chi connectivity index (χ0n) is 12.0. The van der Waals surface area contributed by atoms with Crippen molar-refractivity contribution in [3.8, 4) is 0 Å². The summed E-state index contributed by atoms with van der Waals surface area (Å²) in [5, 5.41) is 3.58. The van der Waals surface area contributed by atoms with Crippen LogP contribution in [0.1, 0.15) is 50.7 Å². The van der Waals surface area contributed by atoms with Gasteiger partial charge in [-0.3, -0.25) is 0 Å². The number of pyridine rings is 1. The normalized spacial score (nSPS) is 21.9. The van der Waals surface area contributed by atoms with Gasteiger partial charge in [0.1, 0.15) is 10.8 Å². The van der Waals surface area contributed by atoms with Crippen molar-refractivity contribution in [2.24, 2.45) is 11.1 Å². The lowest BCUT2D eigenvalue weighted by atomic mass is 9.73. The molecule has 4 heteroatoms. The zero-order valence-corrected chi connectivity index (χ0v) is 12.8. The van der Waals surface area contributed by atoms with E-state index in [0.29, 0.717) is 11.0 Å². The Morgan fingerprint density at radius 1 is 1.47 bits per heavy atom. The van der Waals surface area contributed by atoms with E-state index in [1.807, 2.05) is 19.2 Å². The summed E-state index contributed by atoms with van der Waals surface area (Å²) >= 11 is 5.16. The van der Waals surface area contributed by atoms with E-state index in [9.17, 15) is 0 Å². The standard InChI is InChI=1S/C15H23N3S/c1-10-7-9-17-14(12(10)13(16)19)18-11-6-4-5-8-15(11,2)3/h7,9,11H,4-6,8H2,1-3H3,(H2,16,19)(H,17,18). The summed E-state index contributed by atoms with van der Waals surface area (Å²) in [4.78, 5) is 4.86. The van der Waals surface area contributed by atoms with Crippen LogP contribution < -0.4 is 11.1 Å². The molecule has 3 nitrogen and oxygen atoms in total. The Balaban J connectivity index is 2.28. The van der Waals surface area contributed by atoms with Crippen LogP contribution in [-0.4, -0.2) is 16.0 Å². The first kappa shape index (κ1) is 14.3. The van der Waals surface area contributed by atoms with E-state index < -0.39 is 0 Å². The molecule has 0 aliphatic heterocycles. The average molecular weight is 277 g/mol. The molecule has 1 aromatic rings. The van der Waals surface area contributed by atoms with Crippen molar-refractivity contribution in [2.75, 3.05) is 5.32 Å². The van der Waals surface area contributed by atoms with Crippen molar-refractivity contribution >= 4 is 23.0 Å². The number of thiocarbonyl (C=S) groups is 1. The summed E-state index contributed by atoms with van der Waals surface area (Å²) < 4.78 is 0. The summed E-state index contributed by atoms with van der Waals surface area (Å²) in [5.41, 5.74) is 8.10. The highest BCUT2D eigenvalue weighted by Gasteiger charge is 2.32. The Hall–Kier alpha value is -1.16. The van der Waals surface area contributed by atoms with Crippen LogP contribution in [0.15, 0.2) is 12.3 Å². The quantitative estimate of drug-likeness (QED) is 0.831. The highest BCUT2D eigenvalue weighted by Crippen LogP contribution is 2.37. The number of rotatable bonds is 3. The lowest BCUT2D eigenvalue weighted by Crippen LogP contribution is -2.39. The number of aryl methyl sites for hydroxylation is 1. The number of nitrogens with one attached hydrogen (secondary N) is 1. The molecule has 104 valence electrons. The summed E-state index contributed by atoms with van der Waals surface area (Å²) in [5.74, 6) is 0.840. The zero-order chi connectivity index (χ0) is 14.0. The highest BCUT2D eigenvalue weighted by atomic mass is 32.1. The SMILES string of the molecule is Cc1ccnc(NC2CCCCC2(C)C)c1C(N)=S. The first-order valence-electron chi connectivity index (χ1n) is 6.94. The minimum atomic E-state index is 0.289. The number of nitrogens with two attached hydrogens (primary N) is 1. The van der Waals surface area contributed by atoms with Crippen molar-refractivity contribution in [2.45, 2.75) is 52.5 Å². The lowest BCUT2D eigenvalue weighted by molar-refractivity contribution is 0.216. The summed E-state index contributed by atoms with van der Waals surface area (Å²) in [6, 6.07) is 2.38. The molecule has 1 fully saturated rings. The molecule has 1 saturated carbocycles. The van der Waals surface area contributed by atoms with Crippen molar-refractivity contribution in [3.63, 3.8) is 0 Å². The van der Waals surface area contributed by atoms with E-state index in [4.69, 9.17) is 18.0 Å². The second-order valence-corrected chi connectivity index (χ2v) is 6.59. The van der Waals surface area contributed by atoms with Gasteiger partial charge in [-0.25, -0.2) is 4.98 Å². The van der Waals surface area contributed by atoms with Crippen LogP contribution in [-0.2, 0) is 0 Å². The minimum absolute atomic E-state index is 0.289. The van der Waals surface area contributed by atoms with Crippen molar-refractivity contribution in [1.82, 2.24) is 4.98 Å². The second kappa shape index (κ2) is 5.45. The van der Waals surface area contributed by atoms with E-state index in [-0.39, 0.29) is 5.41 Å². The monoisotopic (exact) mass is 277 g/mol. The third-order valence-electron chi connectivity index (χ3n) is 4.22. The molecule has 0 amide bonds. The Bertz CT molecular complexity index is 482. The molecule has 1 aliphatic rings. The Kier molecular flexibility index (Phi) is 4.09. The highest BCUT2D eigenvalue weighted by molar-refractivity contribution is 7.80. The van der Waals surface area contributed by atoms with Gasteiger partial charge < -0.3 is 11.1 Å². The Morgan fingerprint density at radius 2 is 2.21 bits per heavy atom. The largest absolute Gasteiger partial charge is 0.389 e. The lowest BCUT2D eigenvalue weighted by Gasteiger charge is -2.39. The average Bonchev–Trinajstić information content (AvgIpc) is 2.31. The molecule has 19 heavy (non-hydrogen) atoms. The van der Waals surface area contributed by atoms with Gasteiger partial charge in [0.15, 0.2) is 0 Å². The maximum atomic E-state index is 5.84. The maximum absolute atomic E-state index is 5.84. The number of aromatic nitrogens is 1. The molecule has 0 radical (unpaired) electrons. The number of anilines is 1. The first-order chi connectivity index (χ1) is 8.92. The molecular formula is C15H23N3S. The van der Waals surface area contributed by atoms with Gasteiger partial charge in [0.05, 0.1) is 5.56 Å². The molecule has 1 atom stereocenters. The fourth-order valence-electron chi connectivity index (χ4n) is 2.91. The van der Waals surface area contributed by atoms with E-state index in [0.717, 1.165) is 16.9 Å². The van der Waals surface area contributed by atoms with Crippen molar-refractivity contribution < 1.29 is 0 Å². The van der Waals surface area contributed by atoms with Gasteiger partial charge in [-0.05, 0) is 36.8 Å². The molecule has 0 aromatic carbocycles. The van der Waals surface area contributed by atoms with E-state index in [1.54, 1.807) is 0 Å². The van der Waals surface area contributed by atoms with Crippen LogP contribution >= 0.6 is 12.2 Å². The molecular weight excluding hydrogens is 254 g/mol. The topological polar surface area (TPSA) is 50.9 Å². The van der Waals surface area contributed by atoms with Crippen molar-refractivity contribution in [3.05, 3.63) is 23.4 Å². The van der Waals surface area contributed by atoms with Crippen LogP contribution in [0.2, 0.25) is 0 Å². The molecule has 1 unspecified atom stereocenters. The van der Waals surface area contributed by atoms with Gasteiger partial charge in [0.25, 0.3) is 0 Å². The number of hydrogen-bond donors (Lipinski definition) is 2. The van der Waals surface area contributed by atoms with Crippen LogP contribution in [0.5, 0.6) is 0 Å². The first-order valence-corrected chi connectivity index (χ1v) is 7.34. The van der Waals surface area contributed by atoms with Gasteiger partial charge in [0.2, 0.25) is 0 Å². The Morgan fingerprint density at radius 3 is 2.84 bits per heavy atom. The van der Waals surface area contributed by atoms with Crippen LogP contribution in [0.25, 0.3) is 0 Å². The van der Waals surface area contributed by atoms with E-state index >= 15 is 0 Å². The molecule has 1 aromatic heterocycles. The van der Waals surface area contributed by atoms with Gasteiger partial charge in [-0.2, -0.15) is 0 Å². The molecule has 0 spiro atoms. The second-order valence-electron chi connectivity index (χ2n) is 6.15. The summed E-state index contributed by atoms with van der Waals surface area (Å²) in [6.45, 7) is 6.66. The third kappa shape index (κ3) is 3.06. The van der Waals surface area contributed by atoms with Gasteiger partial charge in [-0.1, -0.05) is 38.9 Å². The predicted octanol–water partition coefficient (Wildman–Crippen LogP) is 3.40. The number of nitrogens with zero attached hydrogens (tertiary/aromatic N) is 1. The fraction of sp³-hybridized carbons (Fsp3) is 0.600. The minimum Gasteiger partial charge on any atom is -0.389 e. The molecule has 1 heterocycles. The molecule has 1 aliphatic carbocycles. The van der Waals surface area contributed by atoms with Crippen LogP contribution in [0.4, 0.5) is 5.82 Å².